The molecular weight excluding hydrogens is 248 g/mol. The molecule has 0 amide bonds. The lowest BCUT2D eigenvalue weighted by atomic mass is 9.77. The SMILES string of the molecule is CCCC1CCC(CCC2CCC(CC)CC2)C(=O)O1. The highest BCUT2D eigenvalue weighted by Crippen LogP contribution is 2.35. The minimum absolute atomic E-state index is 0.0944. The second kappa shape index (κ2) is 8.05. The van der Waals surface area contributed by atoms with Crippen LogP contribution in [0.3, 0.4) is 0 Å². The van der Waals surface area contributed by atoms with Gasteiger partial charge < -0.3 is 4.74 Å². The Labute approximate surface area is 124 Å². The topological polar surface area (TPSA) is 26.3 Å². The predicted molar refractivity (Wildman–Crippen MR) is 82.5 cm³/mol. The summed E-state index contributed by atoms with van der Waals surface area (Å²) in [6, 6.07) is 0. The monoisotopic (exact) mass is 280 g/mol. The fourth-order valence-corrected chi connectivity index (χ4v) is 3.98. The summed E-state index contributed by atoms with van der Waals surface area (Å²) in [5, 5.41) is 0. The summed E-state index contributed by atoms with van der Waals surface area (Å²) >= 11 is 0. The summed E-state index contributed by atoms with van der Waals surface area (Å²) in [7, 11) is 0. The average molecular weight is 280 g/mol. The van der Waals surface area contributed by atoms with Gasteiger partial charge in [-0.15, -0.1) is 0 Å². The molecule has 2 heteroatoms. The molecule has 1 aliphatic heterocycles. The molecule has 0 spiro atoms. The molecule has 0 radical (unpaired) electrons. The Hall–Kier alpha value is -0.530. The first-order valence-corrected chi connectivity index (χ1v) is 8.93. The molecule has 0 aromatic carbocycles. The summed E-state index contributed by atoms with van der Waals surface area (Å²) in [5.74, 6) is 2.14. The zero-order valence-corrected chi connectivity index (χ0v) is 13.4. The number of esters is 1. The summed E-state index contributed by atoms with van der Waals surface area (Å²) in [6.45, 7) is 4.47. The van der Waals surface area contributed by atoms with E-state index in [2.05, 4.69) is 13.8 Å². The van der Waals surface area contributed by atoms with Crippen LogP contribution in [0.15, 0.2) is 0 Å². The summed E-state index contributed by atoms with van der Waals surface area (Å²) in [5.41, 5.74) is 0. The van der Waals surface area contributed by atoms with Crippen LogP contribution in [0.4, 0.5) is 0 Å². The smallest absolute Gasteiger partial charge is 0.309 e. The fraction of sp³-hybridized carbons (Fsp3) is 0.944. The van der Waals surface area contributed by atoms with E-state index in [0.717, 1.165) is 43.9 Å². The first-order valence-electron chi connectivity index (χ1n) is 8.93. The van der Waals surface area contributed by atoms with Gasteiger partial charge in [0.2, 0.25) is 0 Å². The molecule has 116 valence electrons. The minimum Gasteiger partial charge on any atom is -0.462 e. The van der Waals surface area contributed by atoms with Crippen LogP contribution in [0, 0.1) is 17.8 Å². The standard InChI is InChI=1S/C18H32O2/c1-3-5-17-13-12-16(18(19)20-17)11-10-15-8-6-14(4-2)7-9-15/h14-17H,3-13H2,1-2H3. The number of carbonyl (C=O) groups is 1. The number of hydrogen-bond donors (Lipinski definition) is 0. The van der Waals surface area contributed by atoms with E-state index in [-0.39, 0.29) is 18.0 Å². The van der Waals surface area contributed by atoms with Crippen molar-refractivity contribution in [1.29, 1.82) is 0 Å². The lowest BCUT2D eigenvalue weighted by Gasteiger charge is -2.31. The van der Waals surface area contributed by atoms with Crippen LogP contribution < -0.4 is 0 Å². The Morgan fingerprint density at radius 3 is 2.20 bits per heavy atom. The van der Waals surface area contributed by atoms with E-state index in [0.29, 0.717) is 0 Å². The highest BCUT2D eigenvalue weighted by Gasteiger charge is 2.30. The van der Waals surface area contributed by atoms with Gasteiger partial charge in [0.15, 0.2) is 0 Å². The third kappa shape index (κ3) is 4.49. The van der Waals surface area contributed by atoms with Gasteiger partial charge in [0.1, 0.15) is 6.10 Å². The third-order valence-electron chi connectivity index (χ3n) is 5.53. The zero-order valence-electron chi connectivity index (χ0n) is 13.4. The molecule has 1 heterocycles. The molecule has 1 aliphatic carbocycles. The van der Waals surface area contributed by atoms with E-state index in [1.807, 2.05) is 0 Å². The third-order valence-corrected chi connectivity index (χ3v) is 5.53. The quantitative estimate of drug-likeness (QED) is 0.632. The van der Waals surface area contributed by atoms with E-state index in [4.69, 9.17) is 4.74 Å². The Kier molecular flexibility index (Phi) is 6.38. The number of ether oxygens (including phenoxy) is 1. The molecule has 2 unspecified atom stereocenters. The van der Waals surface area contributed by atoms with Gasteiger partial charge in [0, 0.05) is 0 Å². The van der Waals surface area contributed by atoms with Crippen molar-refractivity contribution in [3.8, 4) is 0 Å². The van der Waals surface area contributed by atoms with E-state index >= 15 is 0 Å². The van der Waals surface area contributed by atoms with Crippen LogP contribution in [-0.2, 0) is 9.53 Å². The van der Waals surface area contributed by atoms with Crippen molar-refractivity contribution in [2.75, 3.05) is 0 Å². The maximum Gasteiger partial charge on any atom is 0.309 e. The second-order valence-corrected chi connectivity index (χ2v) is 6.99. The minimum atomic E-state index is 0.0944. The van der Waals surface area contributed by atoms with Gasteiger partial charge >= 0.3 is 5.97 Å². The molecule has 1 saturated heterocycles. The molecule has 1 saturated carbocycles. The van der Waals surface area contributed by atoms with Gasteiger partial charge in [-0.2, -0.15) is 0 Å². The normalized spacial score (nSPS) is 34.8. The highest BCUT2D eigenvalue weighted by molar-refractivity contribution is 5.73. The van der Waals surface area contributed by atoms with Crippen molar-refractivity contribution >= 4 is 5.97 Å². The Balaban J connectivity index is 1.66. The van der Waals surface area contributed by atoms with E-state index < -0.39 is 0 Å². The zero-order chi connectivity index (χ0) is 14.4. The molecule has 2 nitrogen and oxygen atoms in total. The van der Waals surface area contributed by atoms with Gasteiger partial charge in [-0.05, 0) is 43.9 Å². The predicted octanol–water partition coefficient (Wildman–Crippen LogP) is 5.10. The lowest BCUT2D eigenvalue weighted by molar-refractivity contribution is -0.161. The molecule has 0 bridgehead atoms. The molecule has 2 fully saturated rings. The van der Waals surface area contributed by atoms with E-state index in [9.17, 15) is 4.79 Å². The maximum absolute atomic E-state index is 12.0. The fourth-order valence-electron chi connectivity index (χ4n) is 3.98. The Morgan fingerprint density at radius 1 is 0.900 bits per heavy atom. The molecule has 0 N–H and O–H groups in total. The van der Waals surface area contributed by atoms with Gasteiger partial charge in [-0.25, -0.2) is 0 Å². The van der Waals surface area contributed by atoms with E-state index in [1.54, 1.807) is 0 Å². The second-order valence-electron chi connectivity index (χ2n) is 6.99. The van der Waals surface area contributed by atoms with Crippen molar-refractivity contribution in [1.82, 2.24) is 0 Å². The van der Waals surface area contributed by atoms with E-state index in [1.165, 1.54) is 38.5 Å². The molecule has 0 aromatic heterocycles. The summed E-state index contributed by atoms with van der Waals surface area (Å²) in [6.07, 6.45) is 13.8. The summed E-state index contributed by atoms with van der Waals surface area (Å²) < 4.78 is 5.57. The number of cyclic esters (lactones) is 1. The van der Waals surface area contributed by atoms with Crippen LogP contribution in [0.25, 0.3) is 0 Å². The number of hydrogen-bond acceptors (Lipinski definition) is 2. The maximum atomic E-state index is 12.0. The molecule has 2 aliphatic rings. The van der Waals surface area contributed by atoms with Crippen molar-refractivity contribution < 1.29 is 9.53 Å². The van der Waals surface area contributed by atoms with Gasteiger partial charge in [-0.3, -0.25) is 4.79 Å². The average Bonchev–Trinajstić information content (AvgIpc) is 2.47. The summed E-state index contributed by atoms with van der Waals surface area (Å²) in [4.78, 5) is 12.0. The molecule has 2 atom stereocenters. The van der Waals surface area contributed by atoms with Crippen molar-refractivity contribution in [3.05, 3.63) is 0 Å². The highest BCUT2D eigenvalue weighted by atomic mass is 16.5. The van der Waals surface area contributed by atoms with Gasteiger partial charge in [0.25, 0.3) is 0 Å². The molecule has 2 rings (SSSR count). The number of carbonyl (C=O) groups excluding carboxylic acids is 1. The van der Waals surface area contributed by atoms with Crippen molar-refractivity contribution in [3.63, 3.8) is 0 Å². The molecule has 0 aromatic rings. The first kappa shape index (κ1) is 15.9. The van der Waals surface area contributed by atoms with Crippen molar-refractivity contribution in [2.24, 2.45) is 17.8 Å². The van der Waals surface area contributed by atoms with Gasteiger partial charge in [0.05, 0.1) is 5.92 Å². The Morgan fingerprint density at radius 2 is 1.60 bits per heavy atom. The van der Waals surface area contributed by atoms with Gasteiger partial charge in [-0.1, -0.05) is 52.4 Å². The van der Waals surface area contributed by atoms with Crippen LogP contribution >= 0.6 is 0 Å². The molecular formula is C18H32O2. The van der Waals surface area contributed by atoms with Crippen molar-refractivity contribution in [2.45, 2.75) is 90.6 Å². The molecule has 20 heavy (non-hydrogen) atoms. The van der Waals surface area contributed by atoms with Crippen LogP contribution in [0.2, 0.25) is 0 Å². The Bertz CT molecular complexity index is 292. The number of rotatable bonds is 6. The largest absolute Gasteiger partial charge is 0.462 e. The van der Waals surface area contributed by atoms with Crippen LogP contribution in [0.5, 0.6) is 0 Å². The first-order chi connectivity index (χ1) is 9.72. The van der Waals surface area contributed by atoms with Crippen LogP contribution in [-0.4, -0.2) is 12.1 Å². The lowest BCUT2D eigenvalue weighted by Crippen LogP contribution is -2.31. The van der Waals surface area contributed by atoms with Crippen LogP contribution in [0.1, 0.15) is 84.5 Å².